The molecule has 2 heteroatoms. The maximum Gasteiger partial charge on any atom is 0.0476 e. The van der Waals surface area contributed by atoms with E-state index in [0.29, 0.717) is 0 Å². The molecule has 0 saturated heterocycles. The zero-order valence-electron chi connectivity index (χ0n) is 29.4. The molecule has 252 valence electrons. The van der Waals surface area contributed by atoms with Crippen molar-refractivity contribution in [3.63, 3.8) is 0 Å². The highest BCUT2D eigenvalue weighted by molar-refractivity contribution is 7.26. The molecule has 0 N–H and O–H groups in total. The number of benzene rings is 10. The van der Waals surface area contributed by atoms with Crippen LogP contribution < -0.4 is 4.90 Å². The topological polar surface area (TPSA) is 3.24 Å². The Kier molecular flexibility index (Phi) is 7.11. The van der Waals surface area contributed by atoms with Gasteiger partial charge in [-0.2, -0.15) is 0 Å². The Bertz CT molecular complexity index is 3210. The van der Waals surface area contributed by atoms with Gasteiger partial charge in [-0.05, 0) is 114 Å². The van der Waals surface area contributed by atoms with Gasteiger partial charge in [0.2, 0.25) is 0 Å². The van der Waals surface area contributed by atoms with Crippen LogP contribution in [0.2, 0.25) is 0 Å². The largest absolute Gasteiger partial charge is 0.310 e. The lowest BCUT2D eigenvalue weighted by atomic mass is 9.95. The summed E-state index contributed by atoms with van der Waals surface area (Å²) in [6.07, 6.45) is 0. The Labute approximate surface area is 317 Å². The highest BCUT2D eigenvalue weighted by atomic mass is 32.1. The molecule has 0 amide bonds. The van der Waals surface area contributed by atoms with E-state index in [4.69, 9.17) is 0 Å². The monoisotopic (exact) mass is 703 g/mol. The lowest BCUT2D eigenvalue weighted by Crippen LogP contribution is -2.09. The minimum atomic E-state index is 1.12. The standard InChI is InChI=1S/C52H33NS/c1-2-9-34(10-3-1)38-13-8-14-42(32-38)53(43-25-29-49-51(33-43)54-50-30-22-37-12-5-7-16-46(37)52(49)50)41-23-17-35(18-24-41)39-20-26-45-40(31-39)21-28-47-44-15-6-4-11-36(44)19-27-48(45)47/h1-33H. The first-order chi connectivity index (χ1) is 26.7. The summed E-state index contributed by atoms with van der Waals surface area (Å²) in [6, 6.07) is 73.5. The maximum atomic E-state index is 2.40. The lowest BCUT2D eigenvalue weighted by Gasteiger charge is -2.26. The highest BCUT2D eigenvalue weighted by Gasteiger charge is 2.17. The summed E-state index contributed by atoms with van der Waals surface area (Å²) in [5.74, 6) is 0. The molecule has 0 fully saturated rings. The van der Waals surface area contributed by atoms with Gasteiger partial charge in [-0.15, -0.1) is 11.3 Å². The Morgan fingerprint density at radius 3 is 1.67 bits per heavy atom. The van der Waals surface area contributed by atoms with Crippen molar-refractivity contribution < 1.29 is 0 Å². The first-order valence-electron chi connectivity index (χ1n) is 18.5. The molecule has 0 saturated carbocycles. The summed E-state index contributed by atoms with van der Waals surface area (Å²) < 4.78 is 2.61. The molecular formula is C52H33NS. The summed E-state index contributed by atoms with van der Waals surface area (Å²) in [5.41, 5.74) is 8.20. The quantitative estimate of drug-likeness (QED) is 0.161. The Morgan fingerprint density at radius 2 is 0.833 bits per heavy atom. The molecule has 0 atom stereocenters. The van der Waals surface area contributed by atoms with Gasteiger partial charge in [-0.1, -0.05) is 152 Å². The molecule has 0 bridgehead atoms. The van der Waals surface area contributed by atoms with Crippen molar-refractivity contribution in [1.82, 2.24) is 0 Å². The minimum absolute atomic E-state index is 1.12. The number of fused-ring (bicyclic) bond motifs is 10. The summed E-state index contributed by atoms with van der Waals surface area (Å²) in [7, 11) is 0. The second-order valence-corrected chi connectivity index (χ2v) is 15.2. The van der Waals surface area contributed by atoms with Gasteiger partial charge in [0.05, 0.1) is 0 Å². The minimum Gasteiger partial charge on any atom is -0.310 e. The third-order valence-electron chi connectivity index (χ3n) is 11.0. The number of nitrogens with zero attached hydrogens (tertiary/aromatic N) is 1. The molecular weight excluding hydrogens is 671 g/mol. The van der Waals surface area contributed by atoms with Crippen LogP contribution in [0.1, 0.15) is 0 Å². The summed E-state index contributed by atoms with van der Waals surface area (Å²) in [6.45, 7) is 0. The summed E-state index contributed by atoms with van der Waals surface area (Å²) in [4.78, 5) is 2.40. The summed E-state index contributed by atoms with van der Waals surface area (Å²) >= 11 is 1.87. The van der Waals surface area contributed by atoms with Gasteiger partial charge < -0.3 is 4.90 Å². The number of rotatable bonds is 5. The average Bonchev–Trinajstić information content (AvgIpc) is 3.63. The Morgan fingerprint density at radius 1 is 0.278 bits per heavy atom. The van der Waals surface area contributed by atoms with Crippen LogP contribution in [0.5, 0.6) is 0 Å². The molecule has 1 nitrogen and oxygen atoms in total. The number of hydrogen-bond donors (Lipinski definition) is 0. The van der Waals surface area contributed by atoms with E-state index in [-0.39, 0.29) is 0 Å². The zero-order chi connectivity index (χ0) is 35.6. The van der Waals surface area contributed by atoms with Crippen molar-refractivity contribution in [2.24, 2.45) is 0 Å². The second kappa shape index (κ2) is 12.4. The fourth-order valence-corrected chi connectivity index (χ4v) is 9.54. The van der Waals surface area contributed by atoms with Crippen LogP contribution in [0, 0.1) is 0 Å². The predicted octanol–water partition coefficient (Wildman–Crippen LogP) is 15.5. The van der Waals surface area contributed by atoms with Gasteiger partial charge in [0.25, 0.3) is 0 Å². The third-order valence-corrected chi connectivity index (χ3v) is 12.1. The van der Waals surface area contributed by atoms with Crippen LogP contribution in [0.4, 0.5) is 17.1 Å². The van der Waals surface area contributed by atoms with Crippen molar-refractivity contribution >= 4 is 91.7 Å². The molecule has 10 aromatic carbocycles. The molecule has 0 aliphatic heterocycles. The Balaban J connectivity index is 1.02. The van der Waals surface area contributed by atoms with E-state index >= 15 is 0 Å². The van der Waals surface area contributed by atoms with Crippen LogP contribution >= 0.6 is 11.3 Å². The molecule has 0 radical (unpaired) electrons. The van der Waals surface area contributed by atoms with Crippen molar-refractivity contribution in [3.8, 4) is 22.3 Å². The average molecular weight is 704 g/mol. The van der Waals surface area contributed by atoms with E-state index in [1.807, 2.05) is 11.3 Å². The highest BCUT2D eigenvalue weighted by Crippen LogP contribution is 2.44. The van der Waals surface area contributed by atoms with Gasteiger partial charge in [-0.25, -0.2) is 0 Å². The molecule has 1 aromatic heterocycles. The zero-order valence-corrected chi connectivity index (χ0v) is 30.2. The van der Waals surface area contributed by atoms with Gasteiger partial charge in [-0.3, -0.25) is 0 Å². The smallest absolute Gasteiger partial charge is 0.0476 e. The molecule has 0 unspecified atom stereocenters. The first kappa shape index (κ1) is 30.8. The molecule has 54 heavy (non-hydrogen) atoms. The van der Waals surface area contributed by atoms with E-state index in [9.17, 15) is 0 Å². The number of hydrogen-bond acceptors (Lipinski definition) is 2. The van der Waals surface area contributed by atoms with E-state index in [0.717, 1.165) is 17.1 Å². The second-order valence-electron chi connectivity index (χ2n) is 14.1. The third kappa shape index (κ3) is 5.07. The molecule has 1 heterocycles. The van der Waals surface area contributed by atoms with Crippen molar-refractivity contribution in [2.75, 3.05) is 4.90 Å². The molecule has 11 rings (SSSR count). The van der Waals surface area contributed by atoms with E-state index in [1.165, 1.54) is 85.5 Å². The van der Waals surface area contributed by atoms with Crippen molar-refractivity contribution in [1.29, 1.82) is 0 Å². The van der Waals surface area contributed by atoms with Crippen molar-refractivity contribution in [3.05, 3.63) is 200 Å². The Hall–Kier alpha value is -6.74. The van der Waals surface area contributed by atoms with Crippen LogP contribution in [0.3, 0.4) is 0 Å². The van der Waals surface area contributed by atoms with Gasteiger partial charge in [0.15, 0.2) is 0 Å². The van der Waals surface area contributed by atoms with Gasteiger partial charge >= 0.3 is 0 Å². The van der Waals surface area contributed by atoms with Crippen molar-refractivity contribution in [2.45, 2.75) is 0 Å². The maximum absolute atomic E-state index is 2.40. The van der Waals surface area contributed by atoms with E-state index < -0.39 is 0 Å². The van der Waals surface area contributed by atoms with Crippen LogP contribution in [0.25, 0.3) is 85.5 Å². The SMILES string of the molecule is c1ccc(-c2cccc(N(c3ccc(-c4ccc5c(ccc6c7ccccc7ccc56)c4)cc3)c3ccc4c(c3)sc3ccc5ccccc5c34)c2)cc1. The molecule has 0 aliphatic carbocycles. The van der Waals surface area contributed by atoms with Gasteiger partial charge in [0, 0.05) is 37.2 Å². The normalized spacial score (nSPS) is 11.7. The summed E-state index contributed by atoms with van der Waals surface area (Å²) in [5, 5.41) is 13.0. The van der Waals surface area contributed by atoms with Crippen LogP contribution in [-0.2, 0) is 0 Å². The van der Waals surface area contributed by atoms with Gasteiger partial charge in [0.1, 0.15) is 0 Å². The predicted molar refractivity (Wildman–Crippen MR) is 235 cm³/mol. The van der Waals surface area contributed by atoms with Crippen LogP contribution in [0.15, 0.2) is 200 Å². The fraction of sp³-hybridized carbons (Fsp3) is 0. The first-order valence-corrected chi connectivity index (χ1v) is 19.3. The number of anilines is 3. The van der Waals surface area contributed by atoms with E-state index in [1.54, 1.807) is 0 Å². The molecule has 11 aromatic rings. The fourth-order valence-electron chi connectivity index (χ4n) is 8.39. The van der Waals surface area contributed by atoms with Crippen LogP contribution in [-0.4, -0.2) is 0 Å². The lowest BCUT2D eigenvalue weighted by molar-refractivity contribution is 1.29. The van der Waals surface area contributed by atoms with E-state index in [2.05, 4.69) is 205 Å². The number of thiophene rings is 1. The molecule has 0 spiro atoms. The molecule has 0 aliphatic rings.